The molecule has 0 saturated carbocycles. The summed E-state index contributed by atoms with van der Waals surface area (Å²) in [5.74, 6) is -0.361. The maximum atomic E-state index is 13.5. The molecule has 0 fully saturated rings. The van der Waals surface area contributed by atoms with Crippen molar-refractivity contribution < 1.29 is 4.39 Å². The van der Waals surface area contributed by atoms with Gasteiger partial charge in [-0.05, 0) is 18.6 Å². The third kappa shape index (κ3) is 2.54. The predicted molar refractivity (Wildman–Crippen MR) is 62.8 cm³/mol. The molecule has 0 radical (unpaired) electrons. The highest BCUT2D eigenvalue weighted by molar-refractivity contribution is 6.15. The summed E-state index contributed by atoms with van der Waals surface area (Å²) >= 11 is 0. The Kier molecular flexibility index (Phi) is 4.41. The van der Waals surface area contributed by atoms with Gasteiger partial charge in [0.15, 0.2) is 0 Å². The van der Waals surface area contributed by atoms with Gasteiger partial charge < -0.3 is 0 Å². The Balaban J connectivity index is 3.26. The van der Waals surface area contributed by atoms with E-state index in [2.05, 4.69) is 4.99 Å². The average molecular weight is 216 g/mol. The number of aliphatic imine (C=N–C) groups is 1. The van der Waals surface area contributed by atoms with E-state index < -0.39 is 0 Å². The molecular weight excluding hydrogens is 203 g/mol. The summed E-state index contributed by atoms with van der Waals surface area (Å²) in [4.78, 5) is 3.99. The number of allylic oxidation sites excluding steroid dienone is 2. The van der Waals surface area contributed by atoms with Crippen LogP contribution in [-0.2, 0) is 0 Å². The summed E-state index contributed by atoms with van der Waals surface area (Å²) in [6.07, 6.45) is 2.46. The van der Waals surface area contributed by atoms with Gasteiger partial charge >= 0.3 is 0 Å². The van der Waals surface area contributed by atoms with E-state index in [9.17, 15) is 4.39 Å². The molecule has 1 aromatic carbocycles. The zero-order valence-corrected chi connectivity index (χ0v) is 9.37. The van der Waals surface area contributed by atoms with Gasteiger partial charge in [-0.2, -0.15) is 5.26 Å². The smallest absolute Gasteiger partial charge is 0.132 e. The minimum atomic E-state index is -0.361. The number of hydrogen-bond donors (Lipinski definition) is 0. The van der Waals surface area contributed by atoms with Crippen LogP contribution in [0.2, 0.25) is 0 Å². The minimum absolute atomic E-state index is 0.361. The summed E-state index contributed by atoms with van der Waals surface area (Å²) in [5, 5.41) is 8.99. The first-order valence-electron chi connectivity index (χ1n) is 5.06. The van der Waals surface area contributed by atoms with Crippen LogP contribution in [-0.4, -0.2) is 12.8 Å². The first-order chi connectivity index (χ1) is 7.74. The van der Waals surface area contributed by atoms with Crippen LogP contribution in [0.25, 0.3) is 0 Å². The van der Waals surface area contributed by atoms with Gasteiger partial charge in [0, 0.05) is 12.6 Å². The molecule has 0 aliphatic heterocycles. The number of rotatable bonds is 3. The molecule has 0 aliphatic carbocycles. The highest BCUT2D eigenvalue weighted by atomic mass is 19.1. The Labute approximate surface area is 94.7 Å². The van der Waals surface area contributed by atoms with Gasteiger partial charge in [-0.15, -0.1) is 0 Å². The van der Waals surface area contributed by atoms with E-state index in [1.165, 1.54) is 6.07 Å². The van der Waals surface area contributed by atoms with Crippen molar-refractivity contribution in [3.63, 3.8) is 0 Å². The van der Waals surface area contributed by atoms with Crippen LogP contribution >= 0.6 is 0 Å². The molecule has 0 aromatic heterocycles. The van der Waals surface area contributed by atoms with Crippen molar-refractivity contribution >= 4 is 5.71 Å². The zero-order chi connectivity index (χ0) is 12.0. The molecule has 0 N–H and O–H groups in total. The molecule has 1 rings (SSSR count). The van der Waals surface area contributed by atoms with E-state index in [4.69, 9.17) is 5.26 Å². The molecule has 0 aliphatic rings. The summed E-state index contributed by atoms with van der Waals surface area (Å²) in [6.45, 7) is 1.92. The van der Waals surface area contributed by atoms with Crippen molar-refractivity contribution in [2.24, 2.45) is 4.99 Å². The number of nitrogens with zero attached hydrogens (tertiary/aromatic N) is 2. The van der Waals surface area contributed by atoms with Crippen molar-refractivity contribution in [3.05, 3.63) is 47.3 Å². The molecule has 0 atom stereocenters. The van der Waals surface area contributed by atoms with Gasteiger partial charge in [0.1, 0.15) is 11.9 Å². The van der Waals surface area contributed by atoms with Crippen LogP contribution in [0.15, 0.2) is 40.9 Å². The molecule has 0 heterocycles. The molecule has 16 heavy (non-hydrogen) atoms. The third-order valence-electron chi connectivity index (χ3n) is 2.14. The Hall–Kier alpha value is -1.95. The second-order valence-corrected chi connectivity index (χ2v) is 3.19. The molecule has 2 nitrogen and oxygen atoms in total. The molecule has 1 aromatic rings. The molecule has 3 heteroatoms. The van der Waals surface area contributed by atoms with Gasteiger partial charge in [-0.25, -0.2) is 4.39 Å². The maximum Gasteiger partial charge on any atom is 0.132 e. The lowest BCUT2D eigenvalue weighted by molar-refractivity contribution is 0.625. The van der Waals surface area contributed by atoms with E-state index >= 15 is 0 Å². The second kappa shape index (κ2) is 5.82. The molecular formula is C13H13FN2. The average Bonchev–Trinajstić information content (AvgIpc) is 2.31. The third-order valence-corrected chi connectivity index (χ3v) is 2.14. The van der Waals surface area contributed by atoms with Crippen molar-refractivity contribution in [2.45, 2.75) is 13.3 Å². The van der Waals surface area contributed by atoms with Crippen LogP contribution in [0, 0.1) is 17.1 Å². The van der Waals surface area contributed by atoms with Crippen LogP contribution < -0.4 is 0 Å². The number of hydrogen-bond acceptors (Lipinski definition) is 2. The van der Waals surface area contributed by atoms with Crippen molar-refractivity contribution in [1.29, 1.82) is 5.26 Å². The van der Waals surface area contributed by atoms with Gasteiger partial charge in [0.2, 0.25) is 0 Å². The zero-order valence-electron chi connectivity index (χ0n) is 9.37. The van der Waals surface area contributed by atoms with Crippen LogP contribution in [0.1, 0.15) is 18.9 Å². The highest BCUT2D eigenvalue weighted by Crippen LogP contribution is 2.13. The Morgan fingerprint density at radius 1 is 1.50 bits per heavy atom. The summed E-state index contributed by atoms with van der Waals surface area (Å²) < 4.78 is 13.5. The first-order valence-corrected chi connectivity index (χ1v) is 5.06. The highest BCUT2D eigenvalue weighted by Gasteiger charge is 2.12. The maximum absolute atomic E-state index is 13.5. The molecule has 0 saturated heterocycles. The van der Waals surface area contributed by atoms with E-state index in [-0.39, 0.29) is 5.82 Å². The van der Waals surface area contributed by atoms with Crippen molar-refractivity contribution in [1.82, 2.24) is 0 Å². The fourth-order valence-electron chi connectivity index (χ4n) is 1.44. The SMILES string of the molecule is CC/C=C(/C#N)C(=NC)c1ccccc1F. The van der Waals surface area contributed by atoms with E-state index in [1.54, 1.807) is 31.3 Å². The summed E-state index contributed by atoms with van der Waals surface area (Å²) in [6, 6.07) is 8.37. The van der Waals surface area contributed by atoms with Gasteiger partial charge in [0.05, 0.1) is 11.3 Å². The van der Waals surface area contributed by atoms with Crippen LogP contribution in [0.3, 0.4) is 0 Å². The Bertz CT molecular complexity index is 467. The molecule has 0 bridgehead atoms. The number of benzene rings is 1. The van der Waals surface area contributed by atoms with Crippen LogP contribution in [0.5, 0.6) is 0 Å². The summed E-state index contributed by atoms with van der Waals surface area (Å²) in [7, 11) is 1.56. The topological polar surface area (TPSA) is 36.1 Å². The summed E-state index contributed by atoms with van der Waals surface area (Å²) in [5.41, 5.74) is 1.18. The monoisotopic (exact) mass is 216 g/mol. The number of halogens is 1. The largest absolute Gasteiger partial charge is 0.287 e. The first kappa shape index (κ1) is 12.1. The number of nitriles is 1. The molecule has 82 valence electrons. The predicted octanol–water partition coefficient (Wildman–Crippen LogP) is 3.10. The Morgan fingerprint density at radius 2 is 2.19 bits per heavy atom. The van der Waals surface area contributed by atoms with Gasteiger partial charge in [0.25, 0.3) is 0 Å². The van der Waals surface area contributed by atoms with E-state index in [1.807, 2.05) is 13.0 Å². The van der Waals surface area contributed by atoms with Crippen LogP contribution in [0.4, 0.5) is 4.39 Å². The minimum Gasteiger partial charge on any atom is -0.287 e. The lowest BCUT2D eigenvalue weighted by Crippen LogP contribution is -2.06. The van der Waals surface area contributed by atoms with Gasteiger partial charge in [-0.1, -0.05) is 25.1 Å². The molecule has 0 unspecified atom stereocenters. The fraction of sp³-hybridized carbons (Fsp3) is 0.231. The second-order valence-electron chi connectivity index (χ2n) is 3.19. The Morgan fingerprint density at radius 3 is 2.69 bits per heavy atom. The lowest BCUT2D eigenvalue weighted by atomic mass is 10.0. The normalized spacial score (nSPS) is 12.4. The van der Waals surface area contributed by atoms with Crippen molar-refractivity contribution in [3.8, 4) is 6.07 Å². The van der Waals surface area contributed by atoms with E-state index in [0.29, 0.717) is 16.8 Å². The van der Waals surface area contributed by atoms with Crippen molar-refractivity contribution in [2.75, 3.05) is 7.05 Å². The van der Waals surface area contributed by atoms with E-state index in [0.717, 1.165) is 6.42 Å². The quantitative estimate of drug-likeness (QED) is 0.565. The molecule has 0 spiro atoms. The fourth-order valence-corrected chi connectivity index (χ4v) is 1.44. The molecule has 0 amide bonds. The standard InChI is InChI=1S/C13H13FN2/c1-3-6-10(9-15)13(16-2)11-7-4-5-8-12(11)14/h4-8H,3H2,1-2H3/b10-6-,16-13?. The van der Waals surface area contributed by atoms with Gasteiger partial charge in [-0.3, -0.25) is 4.99 Å². The lowest BCUT2D eigenvalue weighted by Gasteiger charge is -2.05.